The van der Waals surface area contributed by atoms with Crippen LogP contribution in [0.3, 0.4) is 0 Å². The second-order valence-corrected chi connectivity index (χ2v) is 13.9. The standard InChI is InChI=1S/C33H36N2O7S2/c1-4-43-21-30(29-19-34-32(42-29)24-11-6-5-7-12-24)41-20-23-14-15-26(27(18-23)25-13-9-8-10-22(25)2)31(36)35-28(33(37)38)16-17-44(3,39)40/h5-15,18-19,28,30H,4,16-17,20-21H2,1-3H3,(H,35,36)(H,37,38)/t28-,30-/m0/s1. The maximum atomic E-state index is 13.4. The molecule has 3 aromatic carbocycles. The van der Waals surface area contributed by atoms with Crippen molar-refractivity contribution < 1.29 is 32.3 Å². The van der Waals surface area contributed by atoms with Crippen LogP contribution in [0, 0.1) is 6.92 Å². The van der Waals surface area contributed by atoms with Crippen LogP contribution in [0.4, 0.5) is 0 Å². The molecular formula is C33H36N2O7S2. The van der Waals surface area contributed by atoms with Crippen LogP contribution in [0.25, 0.3) is 22.6 Å². The molecule has 0 unspecified atom stereocenters. The van der Waals surface area contributed by atoms with E-state index in [9.17, 15) is 23.1 Å². The molecule has 232 valence electrons. The number of aromatic nitrogens is 1. The molecule has 4 rings (SSSR count). The van der Waals surface area contributed by atoms with Gasteiger partial charge in [-0.1, -0.05) is 55.5 Å². The predicted molar refractivity (Wildman–Crippen MR) is 172 cm³/mol. The molecule has 2 atom stereocenters. The number of rotatable bonds is 15. The normalized spacial score (nSPS) is 12.9. The minimum atomic E-state index is -3.41. The minimum absolute atomic E-state index is 0.225. The topological polar surface area (TPSA) is 136 Å². The van der Waals surface area contributed by atoms with Crippen molar-refractivity contribution >= 4 is 33.5 Å². The first kappa shape index (κ1) is 33.0. The van der Waals surface area contributed by atoms with Crippen molar-refractivity contribution in [2.75, 3.05) is 23.5 Å². The second kappa shape index (κ2) is 15.2. The molecule has 2 N–H and O–H groups in total. The Morgan fingerprint density at radius 2 is 1.77 bits per heavy atom. The largest absolute Gasteiger partial charge is 0.480 e. The fourth-order valence-electron chi connectivity index (χ4n) is 4.59. The lowest BCUT2D eigenvalue weighted by Gasteiger charge is -2.19. The molecule has 11 heteroatoms. The number of nitrogens with zero attached hydrogens (tertiary/aromatic N) is 1. The summed E-state index contributed by atoms with van der Waals surface area (Å²) in [4.78, 5) is 29.7. The summed E-state index contributed by atoms with van der Waals surface area (Å²) in [5.74, 6) is 0.433. The number of hydrogen-bond acceptors (Lipinski definition) is 8. The van der Waals surface area contributed by atoms with Crippen molar-refractivity contribution in [3.8, 4) is 22.6 Å². The van der Waals surface area contributed by atoms with Crippen molar-refractivity contribution in [2.45, 2.75) is 39.0 Å². The first-order valence-electron chi connectivity index (χ1n) is 14.2. The average Bonchev–Trinajstić information content (AvgIpc) is 3.49. The maximum absolute atomic E-state index is 13.4. The average molecular weight is 637 g/mol. The molecule has 0 bridgehead atoms. The first-order chi connectivity index (χ1) is 21.1. The van der Waals surface area contributed by atoms with E-state index in [2.05, 4.69) is 17.2 Å². The number of aryl methyl sites for hydroxylation is 1. The van der Waals surface area contributed by atoms with Crippen LogP contribution < -0.4 is 5.32 Å². The number of sulfone groups is 1. The third kappa shape index (κ3) is 9.04. The van der Waals surface area contributed by atoms with Crippen molar-refractivity contribution in [1.82, 2.24) is 10.3 Å². The summed E-state index contributed by atoms with van der Waals surface area (Å²) in [5.41, 5.74) is 4.30. The maximum Gasteiger partial charge on any atom is 0.326 e. The van der Waals surface area contributed by atoms with Gasteiger partial charge in [-0.3, -0.25) is 4.79 Å². The lowest BCUT2D eigenvalue weighted by atomic mass is 9.93. The van der Waals surface area contributed by atoms with E-state index in [1.165, 1.54) is 0 Å². The van der Waals surface area contributed by atoms with Crippen molar-refractivity contribution in [2.24, 2.45) is 0 Å². The Morgan fingerprint density at radius 1 is 1.05 bits per heavy atom. The van der Waals surface area contributed by atoms with E-state index in [-0.39, 0.29) is 30.4 Å². The number of amides is 1. The number of thioether (sulfide) groups is 1. The van der Waals surface area contributed by atoms with Crippen LogP contribution in [0.15, 0.2) is 83.4 Å². The third-order valence-electron chi connectivity index (χ3n) is 6.93. The number of ether oxygens (including phenoxy) is 1. The van der Waals surface area contributed by atoms with Crippen LogP contribution in [0.5, 0.6) is 0 Å². The summed E-state index contributed by atoms with van der Waals surface area (Å²) >= 11 is 1.72. The Morgan fingerprint density at radius 3 is 2.45 bits per heavy atom. The van der Waals surface area contributed by atoms with Gasteiger partial charge in [0, 0.05) is 23.1 Å². The molecule has 0 aliphatic rings. The van der Waals surface area contributed by atoms with E-state index in [0.29, 0.717) is 23.0 Å². The van der Waals surface area contributed by atoms with Crippen LogP contribution >= 0.6 is 11.8 Å². The molecular weight excluding hydrogens is 601 g/mol. The van der Waals surface area contributed by atoms with Crippen molar-refractivity contribution in [3.63, 3.8) is 0 Å². The lowest BCUT2D eigenvalue weighted by molar-refractivity contribution is -0.139. The highest BCUT2D eigenvalue weighted by Crippen LogP contribution is 2.31. The first-order valence-corrected chi connectivity index (χ1v) is 17.4. The van der Waals surface area contributed by atoms with Gasteiger partial charge < -0.3 is 19.6 Å². The quantitative estimate of drug-likeness (QED) is 0.162. The highest BCUT2D eigenvalue weighted by molar-refractivity contribution is 7.99. The van der Waals surface area contributed by atoms with Crippen LogP contribution in [0.2, 0.25) is 0 Å². The van der Waals surface area contributed by atoms with E-state index in [1.54, 1.807) is 30.1 Å². The van der Waals surface area contributed by atoms with E-state index < -0.39 is 27.8 Å². The zero-order chi connectivity index (χ0) is 31.7. The highest BCUT2D eigenvalue weighted by Gasteiger charge is 2.25. The Kier molecular flexibility index (Phi) is 11.4. The molecule has 4 aromatic rings. The van der Waals surface area contributed by atoms with E-state index in [4.69, 9.17) is 9.15 Å². The smallest absolute Gasteiger partial charge is 0.326 e. The summed E-state index contributed by atoms with van der Waals surface area (Å²) in [7, 11) is -3.41. The van der Waals surface area contributed by atoms with Gasteiger partial charge in [-0.05, 0) is 65.6 Å². The van der Waals surface area contributed by atoms with Gasteiger partial charge in [-0.2, -0.15) is 11.8 Å². The second-order valence-electron chi connectivity index (χ2n) is 10.4. The number of oxazole rings is 1. The number of benzene rings is 3. The Labute approximate surface area is 262 Å². The molecule has 1 heterocycles. The van der Waals surface area contributed by atoms with Crippen molar-refractivity contribution in [3.05, 3.63) is 101 Å². The van der Waals surface area contributed by atoms with Gasteiger partial charge in [-0.25, -0.2) is 18.2 Å². The highest BCUT2D eigenvalue weighted by atomic mass is 32.2. The number of nitrogens with one attached hydrogen (secondary N) is 1. The minimum Gasteiger partial charge on any atom is -0.480 e. The van der Waals surface area contributed by atoms with Crippen LogP contribution in [-0.4, -0.2) is 59.9 Å². The summed E-state index contributed by atoms with van der Waals surface area (Å²) in [6.45, 7) is 4.23. The molecule has 0 aliphatic heterocycles. The number of aliphatic carboxylic acids is 1. The van der Waals surface area contributed by atoms with Crippen LogP contribution in [-0.2, 0) is 26.0 Å². The molecule has 0 aliphatic carbocycles. The van der Waals surface area contributed by atoms with Crippen LogP contribution in [0.1, 0.15) is 46.7 Å². The van der Waals surface area contributed by atoms with Crippen molar-refractivity contribution in [1.29, 1.82) is 0 Å². The Bertz CT molecular complexity index is 1690. The Balaban J connectivity index is 1.59. The van der Waals surface area contributed by atoms with Gasteiger partial charge in [0.25, 0.3) is 5.91 Å². The van der Waals surface area contributed by atoms with E-state index >= 15 is 0 Å². The monoisotopic (exact) mass is 636 g/mol. The fraction of sp³-hybridized carbons (Fsp3) is 0.303. The number of carbonyl (C=O) groups is 2. The molecule has 0 saturated carbocycles. The zero-order valence-corrected chi connectivity index (χ0v) is 26.5. The summed E-state index contributed by atoms with van der Waals surface area (Å²) in [6.07, 6.45) is 2.12. The van der Waals surface area contributed by atoms with Gasteiger partial charge in [0.05, 0.1) is 18.6 Å². The predicted octanol–water partition coefficient (Wildman–Crippen LogP) is 5.95. The SMILES string of the molecule is CCSC[C@H](OCc1ccc(C(=O)N[C@@H](CCS(C)(=O)=O)C(=O)O)c(-c2ccccc2C)c1)c1cnc(-c2ccccc2)o1. The molecule has 0 fully saturated rings. The molecule has 0 radical (unpaired) electrons. The molecule has 0 spiro atoms. The fourth-order valence-corrected chi connectivity index (χ4v) is 5.96. The lowest BCUT2D eigenvalue weighted by Crippen LogP contribution is -2.42. The van der Waals surface area contributed by atoms with Gasteiger partial charge in [-0.15, -0.1) is 0 Å². The number of hydrogen-bond donors (Lipinski definition) is 2. The summed E-state index contributed by atoms with van der Waals surface area (Å²) in [6, 6.07) is 21.1. The van der Waals surface area contributed by atoms with E-state index in [1.807, 2.05) is 67.6 Å². The van der Waals surface area contributed by atoms with E-state index in [0.717, 1.165) is 34.3 Å². The van der Waals surface area contributed by atoms with Gasteiger partial charge in [0.15, 0.2) is 5.76 Å². The molecule has 44 heavy (non-hydrogen) atoms. The zero-order valence-electron chi connectivity index (χ0n) is 24.9. The third-order valence-corrected chi connectivity index (χ3v) is 8.85. The van der Waals surface area contributed by atoms with Gasteiger partial charge in [0.2, 0.25) is 5.89 Å². The van der Waals surface area contributed by atoms with Gasteiger partial charge >= 0.3 is 5.97 Å². The Hall–Kier alpha value is -3.93. The molecule has 0 saturated heterocycles. The molecule has 1 amide bonds. The molecule has 9 nitrogen and oxygen atoms in total. The molecule has 1 aromatic heterocycles. The number of carboxylic acid groups (broad SMARTS) is 1. The number of carbonyl (C=O) groups excluding carboxylic acids is 1. The summed E-state index contributed by atoms with van der Waals surface area (Å²) in [5, 5.41) is 12.2. The summed E-state index contributed by atoms with van der Waals surface area (Å²) < 4.78 is 35.7. The van der Waals surface area contributed by atoms with Gasteiger partial charge in [0.1, 0.15) is 22.0 Å². The number of carboxylic acids is 1.